The van der Waals surface area contributed by atoms with Gasteiger partial charge in [-0.25, -0.2) is 4.79 Å². The standard InChI is InChI=1S/C25H36N2O3/c28-24(29)27-17-25(18-27)10-5-22(16-25)26-11-6-20(7-12-26)23-4-2-1-3-21(23)15-19-8-13-30-14-9-19/h1-4,19-20,22H,5-18H2,(H,28,29). The highest BCUT2D eigenvalue weighted by Gasteiger charge is 2.50. The van der Waals surface area contributed by atoms with E-state index in [9.17, 15) is 4.79 Å². The zero-order chi connectivity index (χ0) is 20.6. The largest absolute Gasteiger partial charge is 0.465 e. The summed E-state index contributed by atoms with van der Waals surface area (Å²) in [5, 5.41) is 9.16. The molecular formula is C25H36N2O3. The van der Waals surface area contributed by atoms with Gasteiger partial charge in [0.15, 0.2) is 0 Å². The van der Waals surface area contributed by atoms with Gasteiger partial charge in [-0.15, -0.1) is 0 Å². The SMILES string of the molecule is O=C(O)N1CC2(CCC(N3CCC(c4ccccc4CC4CCOCC4)CC3)C2)C1. The van der Waals surface area contributed by atoms with Gasteiger partial charge in [-0.2, -0.15) is 0 Å². The van der Waals surface area contributed by atoms with Crippen LogP contribution in [0.4, 0.5) is 4.79 Å². The molecule has 1 aromatic rings. The number of amides is 1. The summed E-state index contributed by atoms with van der Waals surface area (Å²) in [4.78, 5) is 15.4. The van der Waals surface area contributed by atoms with Gasteiger partial charge in [0.25, 0.3) is 0 Å². The highest BCUT2D eigenvalue weighted by atomic mass is 16.5. The highest BCUT2D eigenvalue weighted by Crippen LogP contribution is 2.48. The Morgan fingerprint density at radius 2 is 1.80 bits per heavy atom. The van der Waals surface area contributed by atoms with E-state index < -0.39 is 6.09 Å². The van der Waals surface area contributed by atoms with E-state index in [1.54, 1.807) is 16.0 Å². The predicted molar refractivity (Wildman–Crippen MR) is 117 cm³/mol. The summed E-state index contributed by atoms with van der Waals surface area (Å²) in [6, 6.07) is 9.85. The first kappa shape index (κ1) is 20.3. The molecule has 1 saturated carbocycles. The van der Waals surface area contributed by atoms with E-state index in [2.05, 4.69) is 29.2 Å². The molecule has 3 saturated heterocycles. The number of rotatable bonds is 4. The van der Waals surface area contributed by atoms with Crippen LogP contribution in [-0.4, -0.2) is 66.4 Å². The average molecular weight is 413 g/mol. The third kappa shape index (κ3) is 4.11. The Balaban J connectivity index is 1.16. The fourth-order valence-corrected chi connectivity index (χ4v) is 6.63. The fourth-order valence-electron chi connectivity index (χ4n) is 6.63. The van der Waals surface area contributed by atoms with Gasteiger partial charge < -0.3 is 19.6 Å². The van der Waals surface area contributed by atoms with Crippen LogP contribution in [-0.2, 0) is 11.2 Å². The van der Waals surface area contributed by atoms with Gasteiger partial charge in [0.05, 0.1) is 0 Å². The lowest BCUT2D eigenvalue weighted by atomic mass is 9.78. The van der Waals surface area contributed by atoms with Gasteiger partial charge in [-0.05, 0) is 87.4 Å². The molecule has 1 amide bonds. The topological polar surface area (TPSA) is 53.0 Å². The van der Waals surface area contributed by atoms with Crippen LogP contribution < -0.4 is 0 Å². The van der Waals surface area contributed by atoms with Gasteiger partial charge in [-0.3, -0.25) is 0 Å². The third-order valence-corrected chi connectivity index (χ3v) is 8.39. The molecule has 4 fully saturated rings. The molecule has 1 aliphatic carbocycles. The second-order valence-corrected chi connectivity index (χ2v) is 10.3. The number of carbonyl (C=O) groups is 1. The average Bonchev–Trinajstić information content (AvgIpc) is 3.20. The van der Waals surface area contributed by atoms with Gasteiger partial charge in [-0.1, -0.05) is 24.3 Å². The molecule has 30 heavy (non-hydrogen) atoms. The minimum Gasteiger partial charge on any atom is -0.465 e. The normalized spacial score (nSPS) is 28.0. The molecule has 3 heterocycles. The molecule has 3 aliphatic heterocycles. The van der Waals surface area contributed by atoms with Crippen LogP contribution in [0.15, 0.2) is 24.3 Å². The summed E-state index contributed by atoms with van der Waals surface area (Å²) in [6.07, 6.45) is 9.04. The van der Waals surface area contributed by atoms with E-state index in [1.807, 2.05) is 0 Å². The first-order valence-electron chi connectivity index (χ1n) is 12.0. The highest BCUT2D eigenvalue weighted by molar-refractivity contribution is 5.66. The van der Waals surface area contributed by atoms with Crippen molar-refractivity contribution >= 4 is 6.09 Å². The Bertz CT molecular complexity index is 747. The van der Waals surface area contributed by atoms with Gasteiger partial charge >= 0.3 is 6.09 Å². The summed E-state index contributed by atoms with van der Waals surface area (Å²) < 4.78 is 5.55. The van der Waals surface area contributed by atoms with Crippen LogP contribution in [0.1, 0.15) is 62.0 Å². The quantitative estimate of drug-likeness (QED) is 0.798. The van der Waals surface area contributed by atoms with Crippen molar-refractivity contribution in [2.75, 3.05) is 39.4 Å². The zero-order valence-corrected chi connectivity index (χ0v) is 18.1. The van der Waals surface area contributed by atoms with Crippen molar-refractivity contribution in [3.8, 4) is 0 Å². The number of nitrogens with zero attached hydrogens (tertiary/aromatic N) is 2. The van der Waals surface area contributed by atoms with E-state index in [4.69, 9.17) is 9.84 Å². The molecule has 5 rings (SSSR count). The lowest BCUT2D eigenvalue weighted by molar-refractivity contribution is 0.00813. The van der Waals surface area contributed by atoms with E-state index >= 15 is 0 Å². The van der Waals surface area contributed by atoms with Crippen molar-refractivity contribution in [2.24, 2.45) is 11.3 Å². The van der Waals surface area contributed by atoms with E-state index in [0.717, 1.165) is 32.2 Å². The van der Waals surface area contributed by atoms with Crippen LogP contribution in [0.2, 0.25) is 0 Å². The number of ether oxygens (including phenoxy) is 1. The Morgan fingerprint density at radius 3 is 2.53 bits per heavy atom. The number of likely N-dealkylation sites (tertiary alicyclic amines) is 2. The third-order valence-electron chi connectivity index (χ3n) is 8.39. The molecule has 1 unspecified atom stereocenters. The molecule has 5 nitrogen and oxygen atoms in total. The maximum Gasteiger partial charge on any atom is 0.407 e. The molecule has 164 valence electrons. The fraction of sp³-hybridized carbons (Fsp3) is 0.720. The second kappa shape index (κ2) is 8.51. The Morgan fingerprint density at radius 1 is 1.07 bits per heavy atom. The van der Waals surface area contributed by atoms with E-state index in [0.29, 0.717) is 12.0 Å². The summed E-state index contributed by atoms with van der Waals surface area (Å²) in [5.41, 5.74) is 3.46. The van der Waals surface area contributed by atoms with Crippen molar-refractivity contribution in [1.29, 1.82) is 0 Å². The van der Waals surface area contributed by atoms with Crippen molar-refractivity contribution in [1.82, 2.24) is 9.80 Å². The first-order chi connectivity index (χ1) is 14.6. The summed E-state index contributed by atoms with van der Waals surface area (Å²) >= 11 is 0. The summed E-state index contributed by atoms with van der Waals surface area (Å²) in [7, 11) is 0. The molecule has 1 atom stereocenters. The number of benzene rings is 1. The molecule has 0 radical (unpaired) electrons. The molecular weight excluding hydrogens is 376 g/mol. The second-order valence-electron chi connectivity index (χ2n) is 10.3. The maximum atomic E-state index is 11.1. The Kier molecular flexibility index (Phi) is 5.76. The number of carboxylic acid groups (broad SMARTS) is 1. The molecule has 5 heteroatoms. The van der Waals surface area contributed by atoms with Gasteiger partial charge in [0.1, 0.15) is 0 Å². The Labute approximate surface area is 180 Å². The minimum atomic E-state index is -0.746. The van der Waals surface area contributed by atoms with Crippen LogP contribution in [0.25, 0.3) is 0 Å². The predicted octanol–water partition coefficient (Wildman–Crippen LogP) is 4.37. The van der Waals surface area contributed by atoms with Crippen molar-refractivity contribution < 1.29 is 14.6 Å². The molecule has 1 aromatic carbocycles. The van der Waals surface area contributed by atoms with Crippen molar-refractivity contribution in [3.05, 3.63) is 35.4 Å². The van der Waals surface area contributed by atoms with Crippen molar-refractivity contribution in [2.45, 2.75) is 63.3 Å². The first-order valence-corrected chi connectivity index (χ1v) is 12.0. The molecule has 0 bridgehead atoms. The van der Waals surface area contributed by atoms with Crippen LogP contribution in [0.5, 0.6) is 0 Å². The van der Waals surface area contributed by atoms with Crippen molar-refractivity contribution in [3.63, 3.8) is 0 Å². The number of hydrogen-bond donors (Lipinski definition) is 1. The van der Waals surface area contributed by atoms with Crippen LogP contribution >= 0.6 is 0 Å². The van der Waals surface area contributed by atoms with E-state index in [1.165, 1.54) is 64.5 Å². The monoisotopic (exact) mass is 412 g/mol. The van der Waals surface area contributed by atoms with E-state index in [-0.39, 0.29) is 5.41 Å². The summed E-state index contributed by atoms with van der Waals surface area (Å²) in [5.74, 6) is 1.47. The zero-order valence-electron chi connectivity index (χ0n) is 18.1. The summed E-state index contributed by atoms with van der Waals surface area (Å²) in [6.45, 7) is 5.76. The number of piperidine rings is 1. The van der Waals surface area contributed by atoms with Crippen LogP contribution in [0.3, 0.4) is 0 Å². The van der Waals surface area contributed by atoms with Gasteiger partial charge in [0.2, 0.25) is 0 Å². The molecule has 1 N–H and O–H groups in total. The smallest absolute Gasteiger partial charge is 0.407 e. The Hall–Kier alpha value is -1.59. The molecule has 0 aromatic heterocycles. The molecule has 4 aliphatic rings. The lowest BCUT2D eigenvalue weighted by Gasteiger charge is -2.47. The van der Waals surface area contributed by atoms with Gasteiger partial charge in [0, 0.05) is 37.8 Å². The lowest BCUT2D eigenvalue weighted by Crippen LogP contribution is -2.57. The maximum absolute atomic E-state index is 11.1. The minimum absolute atomic E-state index is 0.288. The molecule has 1 spiro atoms. The van der Waals surface area contributed by atoms with Crippen LogP contribution in [0, 0.1) is 11.3 Å². The number of hydrogen-bond acceptors (Lipinski definition) is 3.